The Kier molecular flexibility index (Phi) is 4.99. The van der Waals surface area contributed by atoms with Gasteiger partial charge in [-0.3, -0.25) is 0 Å². The Morgan fingerprint density at radius 2 is 2.21 bits per heavy atom. The van der Waals surface area contributed by atoms with Gasteiger partial charge in [-0.2, -0.15) is 4.98 Å². The molecule has 0 fully saturated rings. The van der Waals surface area contributed by atoms with Crippen LogP contribution < -0.4 is 10.1 Å². The smallest absolute Gasteiger partial charge is 0.225 e. The Bertz CT molecular complexity index is 565. The van der Waals surface area contributed by atoms with Crippen LogP contribution in [-0.2, 0) is 0 Å². The zero-order valence-corrected chi connectivity index (χ0v) is 12.7. The molecule has 1 N–H and O–H groups in total. The Labute approximate surface area is 125 Å². The number of nitrogens with zero attached hydrogens (tertiary/aromatic N) is 2. The van der Waals surface area contributed by atoms with E-state index in [4.69, 9.17) is 16.3 Å². The summed E-state index contributed by atoms with van der Waals surface area (Å²) in [6, 6.07) is 7.10. The highest BCUT2D eigenvalue weighted by Gasteiger charge is 2.06. The fraction of sp³-hybridized carbons (Fsp3) is 0.231. The molecule has 0 amide bonds. The molecule has 0 radical (unpaired) electrons. The molecule has 0 saturated carbocycles. The van der Waals surface area contributed by atoms with Gasteiger partial charge < -0.3 is 10.1 Å². The lowest BCUT2D eigenvalue weighted by atomic mass is 10.3. The van der Waals surface area contributed by atoms with E-state index >= 15 is 0 Å². The normalized spacial score (nSPS) is 10.3. The van der Waals surface area contributed by atoms with Gasteiger partial charge in [0, 0.05) is 23.3 Å². The molecule has 1 heterocycles. The second-order valence-corrected chi connectivity index (χ2v) is 5.14. The molecule has 0 aliphatic rings. The molecule has 100 valence electrons. The second kappa shape index (κ2) is 6.73. The van der Waals surface area contributed by atoms with Crippen molar-refractivity contribution in [2.75, 3.05) is 11.9 Å². The van der Waals surface area contributed by atoms with E-state index in [0.717, 1.165) is 17.4 Å². The molecular weight excluding hydrogens is 330 g/mol. The van der Waals surface area contributed by atoms with Gasteiger partial charge in [0.2, 0.25) is 11.8 Å². The van der Waals surface area contributed by atoms with E-state index in [2.05, 4.69) is 38.1 Å². The molecule has 0 unspecified atom stereocenters. The van der Waals surface area contributed by atoms with Crippen molar-refractivity contribution in [3.63, 3.8) is 0 Å². The van der Waals surface area contributed by atoms with Crippen LogP contribution in [0.2, 0.25) is 5.02 Å². The molecule has 19 heavy (non-hydrogen) atoms. The zero-order valence-electron chi connectivity index (χ0n) is 10.4. The molecule has 1 aromatic heterocycles. The van der Waals surface area contributed by atoms with Gasteiger partial charge in [0.25, 0.3) is 0 Å². The SMILES string of the molecule is CCCNc1nccc(Oc2cc(Br)ccc2Cl)n1. The first kappa shape index (κ1) is 14.1. The number of benzene rings is 1. The third-order valence-electron chi connectivity index (χ3n) is 2.27. The van der Waals surface area contributed by atoms with Gasteiger partial charge in [-0.25, -0.2) is 4.98 Å². The zero-order chi connectivity index (χ0) is 13.7. The summed E-state index contributed by atoms with van der Waals surface area (Å²) in [6.07, 6.45) is 2.65. The van der Waals surface area contributed by atoms with Crippen molar-refractivity contribution >= 4 is 33.5 Å². The van der Waals surface area contributed by atoms with Crippen molar-refractivity contribution < 1.29 is 4.74 Å². The lowest BCUT2D eigenvalue weighted by Crippen LogP contribution is -2.04. The maximum Gasteiger partial charge on any atom is 0.225 e. The minimum atomic E-state index is 0.452. The van der Waals surface area contributed by atoms with Crippen molar-refractivity contribution in [2.45, 2.75) is 13.3 Å². The van der Waals surface area contributed by atoms with E-state index in [-0.39, 0.29) is 0 Å². The topological polar surface area (TPSA) is 47.0 Å². The van der Waals surface area contributed by atoms with Crippen LogP contribution in [0, 0.1) is 0 Å². The maximum atomic E-state index is 6.06. The molecule has 0 bridgehead atoms. The fourth-order valence-corrected chi connectivity index (χ4v) is 1.89. The number of ether oxygens (including phenoxy) is 1. The summed E-state index contributed by atoms with van der Waals surface area (Å²) in [6.45, 7) is 2.90. The predicted molar refractivity (Wildman–Crippen MR) is 80.0 cm³/mol. The summed E-state index contributed by atoms with van der Waals surface area (Å²) in [4.78, 5) is 8.37. The van der Waals surface area contributed by atoms with Crippen LogP contribution in [0.15, 0.2) is 34.9 Å². The monoisotopic (exact) mass is 341 g/mol. The first-order valence-corrected chi connectivity index (χ1v) is 7.06. The van der Waals surface area contributed by atoms with E-state index < -0.39 is 0 Å². The van der Waals surface area contributed by atoms with Gasteiger partial charge in [-0.1, -0.05) is 34.5 Å². The van der Waals surface area contributed by atoms with Crippen LogP contribution in [-0.4, -0.2) is 16.5 Å². The van der Waals surface area contributed by atoms with Crippen molar-refractivity contribution in [1.82, 2.24) is 9.97 Å². The third-order valence-corrected chi connectivity index (χ3v) is 3.08. The molecule has 0 aliphatic carbocycles. The molecule has 0 aliphatic heterocycles. The molecular formula is C13H13BrClN3O. The van der Waals surface area contributed by atoms with Crippen molar-refractivity contribution in [1.29, 1.82) is 0 Å². The van der Waals surface area contributed by atoms with E-state index in [1.807, 2.05) is 6.07 Å². The fourth-order valence-electron chi connectivity index (χ4n) is 1.39. The number of nitrogens with one attached hydrogen (secondary N) is 1. The van der Waals surface area contributed by atoms with E-state index in [9.17, 15) is 0 Å². The van der Waals surface area contributed by atoms with Crippen LogP contribution in [0.5, 0.6) is 11.6 Å². The van der Waals surface area contributed by atoms with E-state index in [1.165, 1.54) is 0 Å². The molecule has 2 aromatic rings. The van der Waals surface area contributed by atoms with Crippen LogP contribution in [0.25, 0.3) is 0 Å². The Morgan fingerprint density at radius 1 is 1.37 bits per heavy atom. The van der Waals surface area contributed by atoms with Crippen molar-refractivity contribution in [2.24, 2.45) is 0 Å². The number of hydrogen-bond donors (Lipinski definition) is 1. The number of rotatable bonds is 5. The van der Waals surface area contributed by atoms with E-state index in [0.29, 0.717) is 22.6 Å². The summed E-state index contributed by atoms with van der Waals surface area (Å²) in [7, 11) is 0. The van der Waals surface area contributed by atoms with Crippen LogP contribution in [0.4, 0.5) is 5.95 Å². The van der Waals surface area contributed by atoms with Gasteiger partial charge in [-0.15, -0.1) is 0 Å². The molecule has 4 nitrogen and oxygen atoms in total. The van der Waals surface area contributed by atoms with Gasteiger partial charge in [-0.05, 0) is 24.6 Å². The van der Waals surface area contributed by atoms with Gasteiger partial charge >= 0.3 is 0 Å². The molecule has 2 rings (SSSR count). The summed E-state index contributed by atoms with van der Waals surface area (Å²) in [5.41, 5.74) is 0. The average Bonchev–Trinajstić information content (AvgIpc) is 2.41. The number of aromatic nitrogens is 2. The van der Waals surface area contributed by atoms with Crippen LogP contribution in [0.3, 0.4) is 0 Å². The first-order valence-electron chi connectivity index (χ1n) is 5.89. The summed E-state index contributed by atoms with van der Waals surface area (Å²) in [5.74, 6) is 1.55. The molecule has 0 spiro atoms. The summed E-state index contributed by atoms with van der Waals surface area (Å²) >= 11 is 9.44. The highest BCUT2D eigenvalue weighted by molar-refractivity contribution is 9.10. The molecule has 0 atom stereocenters. The van der Waals surface area contributed by atoms with Gasteiger partial charge in [0.15, 0.2) is 0 Å². The van der Waals surface area contributed by atoms with E-state index in [1.54, 1.807) is 24.4 Å². The van der Waals surface area contributed by atoms with Crippen molar-refractivity contribution in [3.05, 3.63) is 40.0 Å². The minimum Gasteiger partial charge on any atom is -0.437 e. The van der Waals surface area contributed by atoms with Crippen LogP contribution >= 0.6 is 27.5 Å². The van der Waals surface area contributed by atoms with Crippen molar-refractivity contribution in [3.8, 4) is 11.6 Å². The highest BCUT2D eigenvalue weighted by Crippen LogP contribution is 2.31. The predicted octanol–water partition coefficient (Wildman–Crippen LogP) is 4.51. The summed E-state index contributed by atoms with van der Waals surface area (Å²) in [5, 5.41) is 3.63. The minimum absolute atomic E-state index is 0.452. The van der Waals surface area contributed by atoms with Crippen LogP contribution in [0.1, 0.15) is 13.3 Å². The second-order valence-electron chi connectivity index (χ2n) is 3.82. The molecule has 0 saturated heterocycles. The third kappa shape index (κ3) is 4.08. The number of halogens is 2. The largest absolute Gasteiger partial charge is 0.437 e. The first-order chi connectivity index (χ1) is 9.19. The number of hydrogen-bond acceptors (Lipinski definition) is 4. The highest BCUT2D eigenvalue weighted by atomic mass is 79.9. The van der Waals surface area contributed by atoms with Gasteiger partial charge in [0.1, 0.15) is 5.75 Å². The standard InChI is InChI=1S/C13H13BrClN3O/c1-2-6-16-13-17-7-5-12(18-13)19-11-8-9(14)3-4-10(11)15/h3-5,7-8H,2,6H2,1H3,(H,16,17,18). The Balaban J connectivity index is 2.16. The van der Waals surface area contributed by atoms with Gasteiger partial charge in [0.05, 0.1) is 5.02 Å². The molecule has 6 heteroatoms. The maximum absolute atomic E-state index is 6.06. The molecule has 1 aromatic carbocycles. The quantitative estimate of drug-likeness (QED) is 0.868. The lowest BCUT2D eigenvalue weighted by molar-refractivity contribution is 0.462. The average molecular weight is 343 g/mol. The Hall–Kier alpha value is -1.33. The summed E-state index contributed by atoms with van der Waals surface area (Å²) < 4.78 is 6.55. The lowest BCUT2D eigenvalue weighted by Gasteiger charge is -2.08. The number of anilines is 1. The Morgan fingerprint density at radius 3 is 3.00 bits per heavy atom.